The molecular formula is C19H21N5O2S. The standard InChI is InChI=1S/C19H21N5O2S/c1-12-7-8-15(9-13(12)2)21-17(25)11-27-19-23-22-18(24(19)20)14-5-4-6-16(10-14)26-3/h4-10H,11,20H2,1-3H3,(H,21,25). The van der Waals surface area contributed by atoms with Gasteiger partial charge in [0, 0.05) is 11.3 Å². The molecule has 3 aromatic rings. The molecule has 27 heavy (non-hydrogen) atoms. The predicted octanol–water partition coefficient (Wildman–Crippen LogP) is 3.02. The van der Waals surface area contributed by atoms with Crippen LogP contribution in [0.5, 0.6) is 5.75 Å². The van der Waals surface area contributed by atoms with Gasteiger partial charge in [0.1, 0.15) is 5.75 Å². The van der Waals surface area contributed by atoms with Gasteiger partial charge in [-0.25, -0.2) is 4.68 Å². The lowest BCUT2D eigenvalue weighted by Crippen LogP contribution is -2.16. The Bertz CT molecular complexity index is 970. The van der Waals surface area contributed by atoms with E-state index in [9.17, 15) is 4.79 Å². The van der Waals surface area contributed by atoms with Crippen LogP contribution in [0.15, 0.2) is 47.6 Å². The number of rotatable bonds is 6. The summed E-state index contributed by atoms with van der Waals surface area (Å²) in [6, 6.07) is 13.2. The number of carbonyl (C=O) groups excluding carboxylic acids is 1. The first-order valence-electron chi connectivity index (χ1n) is 8.32. The summed E-state index contributed by atoms with van der Waals surface area (Å²) in [6.07, 6.45) is 0. The number of nitrogens with zero attached hydrogens (tertiary/aromatic N) is 3. The first-order chi connectivity index (χ1) is 13.0. The number of nitrogens with two attached hydrogens (primary N) is 1. The number of thioether (sulfide) groups is 1. The maximum Gasteiger partial charge on any atom is 0.234 e. The Morgan fingerprint density at radius 2 is 2.00 bits per heavy atom. The lowest BCUT2D eigenvalue weighted by molar-refractivity contribution is -0.113. The Hall–Kier alpha value is -3.00. The van der Waals surface area contributed by atoms with Crippen LogP contribution in [0.25, 0.3) is 11.4 Å². The van der Waals surface area contributed by atoms with Crippen LogP contribution in [0, 0.1) is 13.8 Å². The molecule has 0 spiro atoms. The zero-order valence-electron chi connectivity index (χ0n) is 15.4. The number of hydrogen-bond acceptors (Lipinski definition) is 6. The molecule has 1 aromatic heterocycles. The number of nitrogen functional groups attached to an aromatic ring is 1. The van der Waals surface area contributed by atoms with Gasteiger partial charge in [-0.1, -0.05) is 30.0 Å². The first-order valence-corrected chi connectivity index (χ1v) is 9.31. The highest BCUT2D eigenvalue weighted by Gasteiger charge is 2.14. The third-order valence-electron chi connectivity index (χ3n) is 4.12. The summed E-state index contributed by atoms with van der Waals surface area (Å²) >= 11 is 1.23. The van der Waals surface area contributed by atoms with Crippen molar-refractivity contribution in [2.75, 3.05) is 24.0 Å². The number of aryl methyl sites for hydroxylation is 2. The number of ether oxygens (including phenoxy) is 1. The topological polar surface area (TPSA) is 95.1 Å². The molecule has 1 heterocycles. The lowest BCUT2D eigenvalue weighted by Gasteiger charge is -2.08. The highest BCUT2D eigenvalue weighted by molar-refractivity contribution is 7.99. The van der Waals surface area contributed by atoms with E-state index in [1.165, 1.54) is 22.0 Å². The molecule has 3 rings (SSSR count). The Balaban J connectivity index is 1.65. The van der Waals surface area contributed by atoms with Crippen molar-refractivity contribution < 1.29 is 9.53 Å². The third-order valence-corrected chi connectivity index (χ3v) is 5.06. The number of methoxy groups -OCH3 is 1. The van der Waals surface area contributed by atoms with Crippen molar-refractivity contribution in [3.63, 3.8) is 0 Å². The van der Waals surface area contributed by atoms with Crippen LogP contribution in [-0.4, -0.2) is 33.6 Å². The summed E-state index contributed by atoms with van der Waals surface area (Å²) < 4.78 is 6.60. The molecule has 140 valence electrons. The van der Waals surface area contributed by atoms with Gasteiger partial charge < -0.3 is 15.9 Å². The minimum atomic E-state index is -0.130. The van der Waals surface area contributed by atoms with E-state index in [0.717, 1.165) is 16.8 Å². The van der Waals surface area contributed by atoms with Gasteiger partial charge in [0.25, 0.3) is 0 Å². The number of aromatic nitrogens is 3. The van der Waals surface area contributed by atoms with Gasteiger partial charge in [-0.2, -0.15) is 0 Å². The quantitative estimate of drug-likeness (QED) is 0.502. The van der Waals surface area contributed by atoms with E-state index >= 15 is 0 Å². The van der Waals surface area contributed by atoms with E-state index in [2.05, 4.69) is 15.5 Å². The fourth-order valence-electron chi connectivity index (χ4n) is 2.48. The van der Waals surface area contributed by atoms with E-state index in [4.69, 9.17) is 10.6 Å². The second-order valence-electron chi connectivity index (χ2n) is 6.04. The SMILES string of the molecule is COc1cccc(-c2nnc(SCC(=O)Nc3ccc(C)c(C)c3)n2N)c1. The van der Waals surface area contributed by atoms with Crippen LogP contribution in [-0.2, 0) is 4.79 Å². The monoisotopic (exact) mass is 383 g/mol. The molecule has 0 saturated carbocycles. The predicted molar refractivity (Wildman–Crippen MR) is 107 cm³/mol. The molecule has 0 unspecified atom stereocenters. The van der Waals surface area contributed by atoms with Crippen molar-refractivity contribution in [2.45, 2.75) is 19.0 Å². The van der Waals surface area contributed by atoms with Crippen LogP contribution in [0.1, 0.15) is 11.1 Å². The first kappa shape index (κ1) is 18.8. The molecule has 3 N–H and O–H groups in total. The molecule has 0 atom stereocenters. The summed E-state index contributed by atoms with van der Waals surface area (Å²) in [5.74, 6) is 7.36. The normalized spacial score (nSPS) is 10.6. The molecule has 0 bridgehead atoms. The molecule has 7 nitrogen and oxygen atoms in total. The molecule has 8 heteroatoms. The maximum absolute atomic E-state index is 12.2. The van der Waals surface area contributed by atoms with Crippen molar-refractivity contribution >= 4 is 23.4 Å². The van der Waals surface area contributed by atoms with Gasteiger partial charge in [0.2, 0.25) is 11.1 Å². The highest BCUT2D eigenvalue weighted by atomic mass is 32.2. The van der Waals surface area contributed by atoms with Crippen molar-refractivity contribution in [3.05, 3.63) is 53.6 Å². The average Bonchev–Trinajstić information content (AvgIpc) is 3.03. The minimum absolute atomic E-state index is 0.130. The van der Waals surface area contributed by atoms with E-state index in [1.807, 2.05) is 56.3 Å². The van der Waals surface area contributed by atoms with Crippen LogP contribution in [0.3, 0.4) is 0 Å². The Morgan fingerprint density at radius 1 is 1.19 bits per heavy atom. The fraction of sp³-hybridized carbons (Fsp3) is 0.211. The lowest BCUT2D eigenvalue weighted by atomic mass is 10.1. The zero-order valence-corrected chi connectivity index (χ0v) is 16.2. The van der Waals surface area contributed by atoms with Gasteiger partial charge in [0.05, 0.1) is 12.9 Å². The molecule has 0 radical (unpaired) electrons. The van der Waals surface area contributed by atoms with Gasteiger partial charge in [0.15, 0.2) is 5.82 Å². The molecule has 0 fully saturated rings. The fourth-order valence-corrected chi connectivity index (χ4v) is 3.14. The van der Waals surface area contributed by atoms with Crippen molar-refractivity contribution in [1.29, 1.82) is 0 Å². The molecule has 0 aliphatic rings. The van der Waals surface area contributed by atoms with E-state index in [0.29, 0.717) is 16.7 Å². The second-order valence-corrected chi connectivity index (χ2v) is 6.99. The minimum Gasteiger partial charge on any atom is -0.497 e. The number of amides is 1. The van der Waals surface area contributed by atoms with E-state index < -0.39 is 0 Å². The Labute approximate surface area is 161 Å². The highest BCUT2D eigenvalue weighted by Crippen LogP contribution is 2.24. The van der Waals surface area contributed by atoms with Gasteiger partial charge in [-0.15, -0.1) is 10.2 Å². The molecular weight excluding hydrogens is 362 g/mol. The number of nitrogens with one attached hydrogen (secondary N) is 1. The summed E-state index contributed by atoms with van der Waals surface area (Å²) in [5.41, 5.74) is 3.87. The summed E-state index contributed by atoms with van der Waals surface area (Å²) in [7, 11) is 1.60. The molecule has 1 amide bonds. The van der Waals surface area contributed by atoms with Crippen LogP contribution < -0.4 is 15.9 Å². The number of anilines is 1. The number of carbonyl (C=O) groups is 1. The number of hydrogen-bond donors (Lipinski definition) is 2. The Kier molecular flexibility index (Phi) is 5.66. The van der Waals surface area contributed by atoms with Crippen molar-refractivity contribution in [3.8, 4) is 17.1 Å². The van der Waals surface area contributed by atoms with Crippen molar-refractivity contribution in [2.24, 2.45) is 0 Å². The molecule has 2 aromatic carbocycles. The summed E-state index contributed by atoms with van der Waals surface area (Å²) in [5, 5.41) is 11.5. The van der Waals surface area contributed by atoms with Gasteiger partial charge >= 0.3 is 0 Å². The maximum atomic E-state index is 12.2. The smallest absolute Gasteiger partial charge is 0.234 e. The Morgan fingerprint density at radius 3 is 2.74 bits per heavy atom. The second kappa shape index (κ2) is 8.13. The summed E-state index contributed by atoms with van der Waals surface area (Å²) in [6.45, 7) is 4.04. The molecule has 0 aliphatic heterocycles. The average molecular weight is 383 g/mol. The van der Waals surface area contributed by atoms with Crippen LogP contribution >= 0.6 is 11.8 Å². The molecule has 0 aliphatic carbocycles. The van der Waals surface area contributed by atoms with E-state index in [-0.39, 0.29) is 11.7 Å². The summed E-state index contributed by atoms with van der Waals surface area (Å²) in [4.78, 5) is 12.2. The van der Waals surface area contributed by atoms with Crippen LogP contribution in [0.4, 0.5) is 5.69 Å². The largest absolute Gasteiger partial charge is 0.497 e. The number of benzene rings is 2. The van der Waals surface area contributed by atoms with Crippen LogP contribution in [0.2, 0.25) is 0 Å². The van der Waals surface area contributed by atoms with E-state index in [1.54, 1.807) is 7.11 Å². The van der Waals surface area contributed by atoms with Gasteiger partial charge in [-0.05, 0) is 49.2 Å². The zero-order chi connectivity index (χ0) is 19.4. The molecule has 0 saturated heterocycles. The third kappa shape index (κ3) is 4.40. The van der Waals surface area contributed by atoms with Gasteiger partial charge in [-0.3, -0.25) is 4.79 Å². The van der Waals surface area contributed by atoms with Crippen molar-refractivity contribution in [1.82, 2.24) is 14.9 Å².